The van der Waals surface area contributed by atoms with Crippen LogP contribution >= 0.6 is 0 Å². The van der Waals surface area contributed by atoms with E-state index in [4.69, 9.17) is 4.74 Å². The summed E-state index contributed by atoms with van der Waals surface area (Å²) in [7, 11) is 2.02. The third-order valence-electron chi connectivity index (χ3n) is 5.54. The second-order valence-electron chi connectivity index (χ2n) is 8.27. The summed E-state index contributed by atoms with van der Waals surface area (Å²) < 4.78 is 5.74. The number of rotatable bonds is 6. The van der Waals surface area contributed by atoms with Gasteiger partial charge in [-0.2, -0.15) is 0 Å². The van der Waals surface area contributed by atoms with Crippen molar-refractivity contribution in [3.8, 4) is 11.8 Å². The number of hydrogen-bond donors (Lipinski definition) is 1. The number of amides is 1. The smallest absolute Gasteiger partial charge is 0.322 e. The molecular formula is C24H26N6O4. The van der Waals surface area contributed by atoms with Gasteiger partial charge in [0.15, 0.2) is 0 Å². The van der Waals surface area contributed by atoms with E-state index in [2.05, 4.69) is 20.2 Å². The molecule has 1 fully saturated rings. The Balaban J connectivity index is 1.50. The van der Waals surface area contributed by atoms with Crippen LogP contribution < -0.4 is 15.0 Å². The van der Waals surface area contributed by atoms with Crippen LogP contribution in [0.4, 0.5) is 17.1 Å². The molecule has 0 radical (unpaired) electrons. The molecule has 0 atom stereocenters. The average molecular weight is 463 g/mol. The van der Waals surface area contributed by atoms with Crippen LogP contribution in [0, 0.1) is 24.0 Å². The fraction of sp³-hybridized carbons (Fsp3) is 0.292. The van der Waals surface area contributed by atoms with Gasteiger partial charge in [0.05, 0.1) is 4.92 Å². The van der Waals surface area contributed by atoms with Crippen LogP contribution in [0.5, 0.6) is 11.8 Å². The maximum absolute atomic E-state index is 12.9. The fourth-order valence-electron chi connectivity index (χ4n) is 3.81. The predicted molar refractivity (Wildman–Crippen MR) is 129 cm³/mol. The predicted octanol–water partition coefficient (Wildman–Crippen LogP) is 3.80. The van der Waals surface area contributed by atoms with Crippen LogP contribution in [-0.4, -0.2) is 58.9 Å². The van der Waals surface area contributed by atoms with Crippen molar-refractivity contribution in [1.82, 2.24) is 14.9 Å². The van der Waals surface area contributed by atoms with Crippen molar-refractivity contribution < 1.29 is 14.5 Å². The van der Waals surface area contributed by atoms with E-state index in [-0.39, 0.29) is 17.3 Å². The number of hydrogen-bond acceptors (Lipinski definition) is 8. The van der Waals surface area contributed by atoms with Crippen molar-refractivity contribution in [2.45, 2.75) is 13.8 Å². The highest BCUT2D eigenvalue weighted by Gasteiger charge is 2.24. The van der Waals surface area contributed by atoms with Crippen LogP contribution in [-0.2, 0) is 0 Å². The van der Waals surface area contributed by atoms with Gasteiger partial charge in [0.1, 0.15) is 11.4 Å². The first-order valence-corrected chi connectivity index (χ1v) is 10.9. The molecule has 0 aliphatic carbocycles. The number of nitrogens with one attached hydrogen (secondary N) is 1. The first-order chi connectivity index (χ1) is 16.3. The highest BCUT2D eigenvalue weighted by atomic mass is 16.6. The number of aromatic nitrogens is 2. The van der Waals surface area contributed by atoms with E-state index < -0.39 is 10.8 Å². The van der Waals surface area contributed by atoms with E-state index in [1.165, 1.54) is 6.07 Å². The summed E-state index contributed by atoms with van der Waals surface area (Å²) >= 11 is 0. The first kappa shape index (κ1) is 23.1. The Morgan fingerprint density at radius 2 is 1.74 bits per heavy atom. The van der Waals surface area contributed by atoms with E-state index in [0.717, 1.165) is 24.5 Å². The van der Waals surface area contributed by atoms with E-state index >= 15 is 0 Å². The van der Waals surface area contributed by atoms with E-state index in [9.17, 15) is 14.9 Å². The summed E-state index contributed by atoms with van der Waals surface area (Å²) in [5.74, 6) is 0.00650. The SMILES string of the molecule is Cc1cc(C)nc(Oc2cccc(NC(=O)c3ccc(N4CCN(C)CC4)c([N+](=O)[O-])c3)c2)n1. The van der Waals surface area contributed by atoms with Crippen LogP contribution in [0.25, 0.3) is 0 Å². The molecule has 0 spiro atoms. The molecule has 1 saturated heterocycles. The summed E-state index contributed by atoms with van der Waals surface area (Å²) in [4.78, 5) is 36.8. The van der Waals surface area contributed by atoms with Crippen molar-refractivity contribution >= 4 is 23.0 Å². The van der Waals surface area contributed by atoms with Crippen molar-refractivity contribution in [2.75, 3.05) is 43.4 Å². The normalized spacial score (nSPS) is 14.0. The van der Waals surface area contributed by atoms with E-state index in [1.54, 1.807) is 36.4 Å². The lowest BCUT2D eigenvalue weighted by Gasteiger charge is -2.33. The molecular weight excluding hydrogens is 436 g/mol. The van der Waals surface area contributed by atoms with Gasteiger partial charge in [0.2, 0.25) is 0 Å². The van der Waals surface area contributed by atoms with Gasteiger partial charge in [-0.15, -0.1) is 0 Å². The van der Waals surface area contributed by atoms with Crippen LogP contribution in [0.2, 0.25) is 0 Å². The Hall–Kier alpha value is -4.05. The average Bonchev–Trinajstić information content (AvgIpc) is 2.79. The molecule has 3 aromatic rings. The lowest BCUT2D eigenvalue weighted by molar-refractivity contribution is -0.384. The second-order valence-corrected chi connectivity index (χ2v) is 8.27. The molecule has 10 nitrogen and oxygen atoms in total. The largest absolute Gasteiger partial charge is 0.424 e. The molecule has 10 heteroatoms. The zero-order valence-corrected chi connectivity index (χ0v) is 19.3. The number of carbonyl (C=O) groups is 1. The number of benzene rings is 2. The molecule has 176 valence electrons. The van der Waals surface area contributed by atoms with Crippen molar-refractivity contribution in [3.63, 3.8) is 0 Å². The highest BCUT2D eigenvalue weighted by molar-refractivity contribution is 6.05. The van der Waals surface area contributed by atoms with Gasteiger partial charge in [0, 0.05) is 61.0 Å². The molecule has 0 unspecified atom stereocenters. The molecule has 2 heterocycles. The van der Waals surface area contributed by atoms with E-state index in [0.29, 0.717) is 30.2 Å². The molecule has 1 N–H and O–H groups in total. The number of aryl methyl sites for hydroxylation is 2. The van der Waals surface area contributed by atoms with Crippen LogP contribution in [0.15, 0.2) is 48.5 Å². The molecule has 1 aliphatic heterocycles. The van der Waals surface area contributed by atoms with Crippen molar-refractivity contribution in [2.24, 2.45) is 0 Å². The number of nitro benzene ring substituents is 1. The monoisotopic (exact) mass is 462 g/mol. The summed E-state index contributed by atoms with van der Waals surface area (Å²) in [5, 5.41) is 14.5. The topological polar surface area (TPSA) is 114 Å². The van der Waals surface area contributed by atoms with Gasteiger partial charge < -0.3 is 19.9 Å². The molecule has 2 aromatic carbocycles. The summed E-state index contributed by atoms with van der Waals surface area (Å²) in [6.45, 7) is 6.74. The molecule has 1 aromatic heterocycles. The minimum atomic E-state index is -0.451. The second kappa shape index (κ2) is 9.84. The molecule has 1 amide bonds. The lowest BCUT2D eigenvalue weighted by Crippen LogP contribution is -2.44. The van der Waals surface area contributed by atoms with Gasteiger partial charge in [0.25, 0.3) is 11.6 Å². The van der Waals surface area contributed by atoms with E-state index in [1.807, 2.05) is 31.9 Å². The molecule has 0 bridgehead atoms. The van der Waals surface area contributed by atoms with Gasteiger partial charge in [-0.1, -0.05) is 6.07 Å². The summed E-state index contributed by atoms with van der Waals surface area (Å²) in [6.07, 6.45) is 0. The minimum Gasteiger partial charge on any atom is -0.424 e. The number of anilines is 2. The molecule has 0 saturated carbocycles. The highest BCUT2D eigenvalue weighted by Crippen LogP contribution is 2.30. The Labute approximate surface area is 197 Å². The zero-order chi connectivity index (χ0) is 24.2. The Morgan fingerprint density at radius 3 is 2.41 bits per heavy atom. The van der Waals surface area contributed by atoms with Gasteiger partial charge in [-0.3, -0.25) is 14.9 Å². The maximum atomic E-state index is 12.9. The number of nitro groups is 1. The molecule has 34 heavy (non-hydrogen) atoms. The molecule has 4 rings (SSSR count). The summed E-state index contributed by atoms with van der Waals surface area (Å²) in [6, 6.07) is 13.5. The molecule has 1 aliphatic rings. The summed E-state index contributed by atoms with van der Waals surface area (Å²) in [5.41, 5.74) is 2.70. The standard InChI is InChI=1S/C24H26N6O4/c1-16-13-17(2)26-24(25-16)34-20-6-4-5-19(15-20)27-23(31)18-7-8-21(22(14-18)30(32)33)29-11-9-28(3)10-12-29/h4-8,13-15H,9-12H2,1-3H3,(H,27,31). The Morgan fingerprint density at radius 1 is 1.03 bits per heavy atom. The quantitative estimate of drug-likeness (QED) is 0.435. The number of ether oxygens (including phenoxy) is 1. The zero-order valence-electron chi connectivity index (χ0n) is 19.3. The minimum absolute atomic E-state index is 0.0822. The number of nitrogens with zero attached hydrogens (tertiary/aromatic N) is 5. The number of carbonyl (C=O) groups excluding carboxylic acids is 1. The number of likely N-dealkylation sites (N-methyl/N-ethyl adjacent to an activating group) is 1. The number of piperazine rings is 1. The fourth-order valence-corrected chi connectivity index (χ4v) is 3.81. The van der Waals surface area contributed by atoms with Crippen LogP contribution in [0.1, 0.15) is 21.7 Å². The van der Waals surface area contributed by atoms with Crippen molar-refractivity contribution in [3.05, 3.63) is 75.6 Å². The van der Waals surface area contributed by atoms with Gasteiger partial charge >= 0.3 is 6.01 Å². The van der Waals surface area contributed by atoms with Gasteiger partial charge in [-0.05, 0) is 51.2 Å². The Bertz CT molecular complexity index is 1200. The van der Waals surface area contributed by atoms with Gasteiger partial charge in [-0.25, -0.2) is 9.97 Å². The first-order valence-electron chi connectivity index (χ1n) is 10.9. The maximum Gasteiger partial charge on any atom is 0.322 e. The third-order valence-corrected chi connectivity index (χ3v) is 5.54. The lowest BCUT2D eigenvalue weighted by atomic mass is 10.1. The Kier molecular flexibility index (Phi) is 6.69. The third kappa shape index (κ3) is 5.46. The van der Waals surface area contributed by atoms with Crippen molar-refractivity contribution in [1.29, 1.82) is 0 Å². The van der Waals surface area contributed by atoms with Crippen LogP contribution in [0.3, 0.4) is 0 Å².